The van der Waals surface area contributed by atoms with Gasteiger partial charge in [0.15, 0.2) is 0 Å². The first-order valence-corrected chi connectivity index (χ1v) is 9.04. The number of piperidine rings is 1. The molecule has 1 aliphatic heterocycles. The van der Waals surface area contributed by atoms with Gasteiger partial charge < -0.3 is 15.0 Å². The molecule has 0 saturated carbocycles. The van der Waals surface area contributed by atoms with E-state index in [1.54, 1.807) is 11.3 Å². The number of carbonyl (C=O) groups excluding carboxylic acids is 1. The van der Waals surface area contributed by atoms with Crippen LogP contribution in [-0.2, 0) is 0 Å². The summed E-state index contributed by atoms with van der Waals surface area (Å²) in [7, 11) is 0. The molecule has 0 atom stereocenters. The Morgan fingerprint density at radius 3 is 2.71 bits per heavy atom. The Bertz CT molecular complexity index is 654. The first-order valence-electron chi connectivity index (χ1n) is 8.23. The van der Waals surface area contributed by atoms with E-state index in [4.69, 9.17) is 4.74 Å². The van der Waals surface area contributed by atoms with Gasteiger partial charge in [0, 0.05) is 19.0 Å². The number of nitrogens with one attached hydrogen (secondary N) is 1. The maximum atomic E-state index is 12.2. The molecule has 1 fully saturated rings. The molecule has 2 heterocycles. The fourth-order valence-corrected chi connectivity index (χ4v) is 3.63. The number of likely N-dealkylation sites (tertiary alicyclic amines) is 1. The number of carbonyl (C=O) groups is 1. The van der Waals surface area contributed by atoms with E-state index < -0.39 is 0 Å². The van der Waals surface area contributed by atoms with E-state index in [0.717, 1.165) is 41.7 Å². The summed E-state index contributed by atoms with van der Waals surface area (Å²) in [6.07, 6.45) is 1.89. The molecule has 1 saturated heterocycles. The summed E-state index contributed by atoms with van der Waals surface area (Å²) in [5.41, 5.74) is 0. The highest BCUT2D eigenvalue weighted by molar-refractivity contribution is 7.11. The maximum absolute atomic E-state index is 12.2. The van der Waals surface area contributed by atoms with Crippen molar-refractivity contribution in [3.63, 3.8) is 0 Å². The second-order valence-corrected chi connectivity index (χ2v) is 7.03. The minimum Gasteiger partial charge on any atom is -0.492 e. The lowest BCUT2D eigenvalue weighted by molar-refractivity contribution is 0.179. The topological polar surface area (TPSA) is 67.4 Å². The predicted octanol–water partition coefficient (Wildman–Crippen LogP) is 2.81. The second-order valence-electron chi connectivity index (χ2n) is 5.81. The third kappa shape index (κ3) is 4.44. The van der Waals surface area contributed by atoms with E-state index >= 15 is 0 Å². The molecule has 2 amide bonds. The zero-order chi connectivity index (χ0) is 16.8. The SMILES string of the molecule is Cc1nnc(C2CCN(C(=O)NCCOc3ccccc3)CC2)s1. The molecule has 3 rings (SSSR count). The zero-order valence-electron chi connectivity index (χ0n) is 13.8. The van der Waals surface area contributed by atoms with Crippen LogP contribution in [0.5, 0.6) is 5.75 Å². The van der Waals surface area contributed by atoms with E-state index in [9.17, 15) is 4.79 Å². The molecule has 7 heteroatoms. The van der Waals surface area contributed by atoms with Crippen molar-refractivity contribution in [2.75, 3.05) is 26.2 Å². The van der Waals surface area contributed by atoms with E-state index in [1.165, 1.54) is 0 Å². The second kappa shape index (κ2) is 8.10. The molecule has 1 aromatic heterocycles. The Labute approximate surface area is 145 Å². The molecule has 0 spiro atoms. The average molecular weight is 346 g/mol. The van der Waals surface area contributed by atoms with Gasteiger partial charge in [-0.2, -0.15) is 0 Å². The lowest BCUT2D eigenvalue weighted by atomic mass is 9.98. The molecule has 0 bridgehead atoms. The number of urea groups is 1. The normalized spacial score (nSPS) is 15.3. The van der Waals surface area contributed by atoms with Crippen molar-refractivity contribution in [3.8, 4) is 5.75 Å². The van der Waals surface area contributed by atoms with Crippen LogP contribution < -0.4 is 10.1 Å². The molecule has 24 heavy (non-hydrogen) atoms. The summed E-state index contributed by atoms with van der Waals surface area (Å²) in [4.78, 5) is 14.1. The summed E-state index contributed by atoms with van der Waals surface area (Å²) in [6, 6.07) is 9.60. The first-order chi connectivity index (χ1) is 11.7. The van der Waals surface area contributed by atoms with E-state index in [-0.39, 0.29) is 6.03 Å². The summed E-state index contributed by atoms with van der Waals surface area (Å²) < 4.78 is 5.57. The number of hydrogen-bond donors (Lipinski definition) is 1. The van der Waals surface area contributed by atoms with Gasteiger partial charge in [0.05, 0.1) is 6.54 Å². The molecule has 1 N–H and O–H groups in total. The summed E-state index contributed by atoms with van der Waals surface area (Å²) in [6.45, 7) is 4.46. The van der Waals surface area contributed by atoms with Crippen molar-refractivity contribution in [1.82, 2.24) is 20.4 Å². The van der Waals surface area contributed by atoms with Crippen LogP contribution in [0.1, 0.15) is 28.8 Å². The monoisotopic (exact) mass is 346 g/mol. The quantitative estimate of drug-likeness (QED) is 0.846. The van der Waals surface area contributed by atoms with Gasteiger partial charge in [0.2, 0.25) is 0 Å². The fourth-order valence-electron chi connectivity index (χ4n) is 2.76. The number of amides is 2. The lowest BCUT2D eigenvalue weighted by Crippen LogP contribution is -2.45. The van der Waals surface area contributed by atoms with Crippen LogP contribution in [-0.4, -0.2) is 47.4 Å². The van der Waals surface area contributed by atoms with Crippen molar-refractivity contribution in [2.24, 2.45) is 0 Å². The molecule has 0 radical (unpaired) electrons. The third-order valence-corrected chi connectivity index (χ3v) is 5.06. The van der Waals surface area contributed by atoms with Gasteiger partial charge in [-0.05, 0) is 31.9 Å². The van der Waals surface area contributed by atoms with Crippen LogP contribution in [0.25, 0.3) is 0 Å². The van der Waals surface area contributed by atoms with Gasteiger partial charge in [0.25, 0.3) is 0 Å². The van der Waals surface area contributed by atoms with Gasteiger partial charge in [-0.15, -0.1) is 21.5 Å². The van der Waals surface area contributed by atoms with Crippen LogP contribution >= 0.6 is 11.3 Å². The fraction of sp³-hybridized carbons (Fsp3) is 0.471. The lowest BCUT2D eigenvalue weighted by Gasteiger charge is -2.30. The number of benzene rings is 1. The number of nitrogens with zero attached hydrogens (tertiary/aromatic N) is 3. The Morgan fingerprint density at radius 1 is 1.29 bits per heavy atom. The highest BCUT2D eigenvalue weighted by atomic mass is 32.1. The van der Waals surface area contributed by atoms with Crippen molar-refractivity contribution in [2.45, 2.75) is 25.7 Å². The van der Waals surface area contributed by atoms with Crippen LogP contribution in [0.2, 0.25) is 0 Å². The average Bonchev–Trinajstić information content (AvgIpc) is 3.06. The Hall–Kier alpha value is -2.15. The molecule has 0 unspecified atom stereocenters. The number of hydrogen-bond acceptors (Lipinski definition) is 5. The molecule has 128 valence electrons. The minimum absolute atomic E-state index is 0.0152. The predicted molar refractivity (Wildman–Crippen MR) is 93.5 cm³/mol. The van der Waals surface area contributed by atoms with Crippen LogP contribution in [0.3, 0.4) is 0 Å². The summed E-state index contributed by atoms with van der Waals surface area (Å²) in [5.74, 6) is 1.25. The third-order valence-electron chi connectivity index (χ3n) is 4.06. The van der Waals surface area contributed by atoms with Gasteiger partial charge in [0.1, 0.15) is 22.4 Å². The Balaban J connectivity index is 1.36. The van der Waals surface area contributed by atoms with E-state index in [0.29, 0.717) is 19.1 Å². The molecule has 6 nitrogen and oxygen atoms in total. The number of ether oxygens (including phenoxy) is 1. The number of aryl methyl sites for hydroxylation is 1. The number of aromatic nitrogens is 2. The zero-order valence-corrected chi connectivity index (χ0v) is 14.6. The molecular formula is C17H22N4O2S. The molecule has 1 aliphatic rings. The molecule has 0 aliphatic carbocycles. The van der Waals surface area contributed by atoms with Crippen molar-refractivity contribution >= 4 is 17.4 Å². The first kappa shape index (κ1) is 16.7. The number of rotatable bonds is 5. The highest BCUT2D eigenvalue weighted by Gasteiger charge is 2.25. The van der Waals surface area contributed by atoms with Gasteiger partial charge in [-0.25, -0.2) is 4.79 Å². The molecular weight excluding hydrogens is 324 g/mol. The van der Waals surface area contributed by atoms with Crippen LogP contribution in [0.15, 0.2) is 30.3 Å². The largest absolute Gasteiger partial charge is 0.492 e. The summed E-state index contributed by atoms with van der Waals surface area (Å²) >= 11 is 1.66. The minimum atomic E-state index is -0.0152. The van der Waals surface area contributed by atoms with Gasteiger partial charge >= 0.3 is 6.03 Å². The van der Waals surface area contributed by atoms with Gasteiger partial charge in [-0.3, -0.25) is 0 Å². The van der Waals surface area contributed by atoms with Crippen LogP contribution in [0.4, 0.5) is 4.79 Å². The Morgan fingerprint density at radius 2 is 2.04 bits per heavy atom. The van der Waals surface area contributed by atoms with Crippen molar-refractivity contribution in [3.05, 3.63) is 40.3 Å². The summed E-state index contributed by atoms with van der Waals surface area (Å²) in [5, 5.41) is 13.3. The van der Waals surface area contributed by atoms with E-state index in [1.807, 2.05) is 42.2 Å². The van der Waals surface area contributed by atoms with Crippen molar-refractivity contribution in [1.29, 1.82) is 0 Å². The Kier molecular flexibility index (Phi) is 5.63. The highest BCUT2D eigenvalue weighted by Crippen LogP contribution is 2.29. The number of para-hydroxylation sites is 1. The maximum Gasteiger partial charge on any atom is 0.317 e. The van der Waals surface area contributed by atoms with Gasteiger partial charge in [-0.1, -0.05) is 18.2 Å². The van der Waals surface area contributed by atoms with E-state index in [2.05, 4.69) is 15.5 Å². The smallest absolute Gasteiger partial charge is 0.317 e. The molecule has 2 aromatic rings. The molecule has 1 aromatic carbocycles. The van der Waals surface area contributed by atoms with Crippen LogP contribution in [0, 0.1) is 6.92 Å². The van der Waals surface area contributed by atoms with Crippen molar-refractivity contribution < 1.29 is 9.53 Å². The standard InChI is InChI=1S/C17H22N4O2S/c1-13-19-20-16(24-13)14-7-10-21(11-8-14)17(22)18-9-12-23-15-5-3-2-4-6-15/h2-6,14H,7-12H2,1H3,(H,18,22).